The first kappa shape index (κ1) is 18.2. The maximum absolute atomic E-state index is 12.3. The largest absolute Gasteiger partial charge is 0.354 e. The molecule has 21 heavy (non-hydrogen) atoms. The Morgan fingerprint density at radius 2 is 2.14 bits per heavy atom. The van der Waals surface area contributed by atoms with Gasteiger partial charge in [0, 0.05) is 23.7 Å². The predicted octanol–water partition coefficient (Wildman–Crippen LogP) is 1.38. The van der Waals surface area contributed by atoms with Gasteiger partial charge in [0.25, 0.3) is 0 Å². The molecule has 1 heterocycles. The normalized spacial score (nSPS) is 21.7. The van der Waals surface area contributed by atoms with Gasteiger partial charge < -0.3 is 11.1 Å². The van der Waals surface area contributed by atoms with Gasteiger partial charge in [-0.2, -0.15) is 0 Å². The van der Waals surface area contributed by atoms with Crippen LogP contribution in [0.15, 0.2) is 24.3 Å². The van der Waals surface area contributed by atoms with E-state index in [9.17, 15) is 4.79 Å². The Labute approximate surface area is 136 Å². The molecule has 1 aromatic carbocycles. The van der Waals surface area contributed by atoms with E-state index in [1.807, 2.05) is 38.1 Å². The highest BCUT2D eigenvalue weighted by Crippen LogP contribution is 2.30. The lowest BCUT2D eigenvalue weighted by Gasteiger charge is -2.23. The van der Waals surface area contributed by atoms with E-state index in [-0.39, 0.29) is 30.3 Å². The molecule has 2 atom stereocenters. The molecular weight excluding hydrogens is 311 g/mol. The fourth-order valence-corrected chi connectivity index (χ4v) is 2.46. The quantitative estimate of drug-likeness (QED) is 0.671. The molecule has 0 saturated carbocycles. The maximum Gasteiger partial charge on any atom is 0.226 e. The standard InChI is InChI=1S/C14H21ClN4O.ClH/c1-14(2,16)8-17-13(20)10-7-18-19-12(10)9-5-3-4-6-11(9)15;/h3-6,10,12,18-19H,7-8,16H2,1-2H3,(H,17,20);1H. The topological polar surface area (TPSA) is 79.2 Å². The van der Waals surface area contributed by atoms with Crippen molar-refractivity contribution in [3.63, 3.8) is 0 Å². The van der Waals surface area contributed by atoms with Crippen molar-refractivity contribution in [2.24, 2.45) is 11.7 Å². The Balaban J connectivity index is 0.00000220. The zero-order valence-electron chi connectivity index (χ0n) is 12.2. The summed E-state index contributed by atoms with van der Waals surface area (Å²) in [4.78, 5) is 12.3. The van der Waals surface area contributed by atoms with Gasteiger partial charge in [0.1, 0.15) is 0 Å². The number of halogens is 2. The van der Waals surface area contributed by atoms with Crippen LogP contribution in [0.5, 0.6) is 0 Å². The van der Waals surface area contributed by atoms with Crippen LogP contribution >= 0.6 is 24.0 Å². The Bertz CT molecular complexity index is 490. The highest BCUT2D eigenvalue weighted by atomic mass is 35.5. The first-order valence-electron chi connectivity index (χ1n) is 6.68. The van der Waals surface area contributed by atoms with Crippen molar-refractivity contribution in [1.29, 1.82) is 0 Å². The zero-order chi connectivity index (χ0) is 14.8. The molecule has 7 heteroatoms. The van der Waals surface area contributed by atoms with Gasteiger partial charge in [0.05, 0.1) is 12.0 Å². The maximum atomic E-state index is 12.3. The second-order valence-corrected chi connectivity index (χ2v) is 6.24. The molecule has 1 aromatic rings. The first-order chi connectivity index (χ1) is 9.38. The summed E-state index contributed by atoms with van der Waals surface area (Å²) >= 11 is 6.20. The number of nitrogens with one attached hydrogen (secondary N) is 3. The Kier molecular flexibility index (Phi) is 6.43. The van der Waals surface area contributed by atoms with Crippen molar-refractivity contribution in [1.82, 2.24) is 16.2 Å². The molecule has 1 aliphatic rings. The lowest BCUT2D eigenvalue weighted by Crippen LogP contribution is -2.47. The summed E-state index contributed by atoms with van der Waals surface area (Å²) in [6, 6.07) is 7.42. The van der Waals surface area contributed by atoms with Gasteiger partial charge in [0.2, 0.25) is 5.91 Å². The third kappa shape index (κ3) is 4.83. The smallest absolute Gasteiger partial charge is 0.226 e. The van der Waals surface area contributed by atoms with E-state index in [0.29, 0.717) is 18.1 Å². The average molecular weight is 333 g/mol. The number of benzene rings is 1. The number of carbonyl (C=O) groups is 1. The summed E-state index contributed by atoms with van der Waals surface area (Å²) < 4.78 is 0. The average Bonchev–Trinajstić information content (AvgIpc) is 2.84. The van der Waals surface area contributed by atoms with E-state index in [1.54, 1.807) is 0 Å². The van der Waals surface area contributed by atoms with Gasteiger partial charge in [-0.15, -0.1) is 12.4 Å². The second-order valence-electron chi connectivity index (χ2n) is 5.84. The molecule has 0 bridgehead atoms. The van der Waals surface area contributed by atoms with Gasteiger partial charge in [-0.05, 0) is 25.5 Å². The van der Waals surface area contributed by atoms with Gasteiger partial charge in [0.15, 0.2) is 0 Å². The van der Waals surface area contributed by atoms with Crippen LogP contribution in [-0.2, 0) is 4.79 Å². The van der Waals surface area contributed by atoms with E-state index in [0.717, 1.165) is 5.56 Å². The fraction of sp³-hybridized carbons (Fsp3) is 0.500. The summed E-state index contributed by atoms with van der Waals surface area (Å²) in [6.07, 6.45) is 0. The minimum Gasteiger partial charge on any atom is -0.354 e. The molecule has 0 spiro atoms. The van der Waals surface area contributed by atoms with Crippen LogP contribution in [0.25, 0.3) is 0 Å². The van der Waals surface area contributed by atoms with Crippen molar-refractivity contribution in [2.45, 2.75) is 25.4 Å². The van der Waals surface area contributed by atoms with E-state index >= 15 is 0 Å². The molecule has 0 radical (unpaired) electrons. The Morgan fingerprint density at radius 1 is 1.48 bits per heavy atom. The zero-order valence-corrected chi connectivity index (χ0v) is 13.7. The van der Waals surface area contributed by atoms with Gasteiger partial charge in [-0.1, -0.05) is 29.8 Å². The molecule has 1 fully saturated rings. The number of nitrogens with two attached hydrogens (primary N) is 1. The van der Waals surface area contributed by atoms with Crippen LogP contribution in [0.4, 0.5) is 0 Å². The summed E-state index contributed by atoms with van der Waals surface area (Å²) in [7, 11) is 0. The molecule has 0 aromatic heterocycles. The van der Waals surface area contributed by atoms with Gasteiger partial charge in [-0.3, -0.25) is 10.2 Å². The second kappa shape index (κ2) is 7.42. The van der Waals surface area contributed by atoms with Crippen molar-refractivity contribution < 1.29 is 4.79 Å². The Morgan fingerprint density at radius 3 is 2.76 bits per heavy atom. The molecule has 1 amide bonds. The van der Waals surface area contributed by atoms with E-state index in [1.165, 1.54) is 0 Å². The number of amides is 1. The lowest BCUT2D eigenvalue weighted by atomic mass is 9.94. The number of hydrazine groups is 1. The van der Waals surface area contributed by atoms with Gasteiger partial charge >= 0.3 is 0 Å². The summed E-state index contributed by atoms with van der Waals surface area (Å²) in [5.74, 6) is -0.233. The van der Waals surface area contributed by atoms with Crippen LogP contribution in [0.1, 0.15) is 25.5 Å². The third-order valence-electron chi connectivity index (χ3n) is 3.28. The molecule has 1 saturated heterocycles. The minimum absolute atomic E-state index is 0. The van der Waals surface area contributed by atoms with E-state index < -0.39 is 5.54 Å². The van der Waals surface area contributed by atoms with Crippen molar-refractivity contribution in [3.05, 3.63) is 34.9 Å². The van der Waals surface area contributed by atoms with Gasteiger partial charge in [-0.25, -0.2) is 5.43 Å². The summed E-state index contributed by atoms with van der Waals surface area (Å²) in [6.45, 7) is 4.76. The number of rotatable bonds is 4. The van der Waals surface area contributed by atoms with Crippen LogP contribution in [0.3, 0.4) is 0 Å². The SMILES string of the molecule is CC(C)(N)CNC(=O)C1CNNC1c1ccccc1Cl.Cl. The monoisotopic (exact) mass is 332 g/mol. The third-order valence-corrected chi connectivity index (χ3v) is 3.62. The van der Waals surface area contributed by atoms with Crippen LogP contribution in [-0.4, -0.2) is 24.5 Å². The molecule has 5 N–H and O–H groups in total. The predicted molar refractivity (Wildman–Crippen MR) is 87.3 cm³/mol. The van der Waals surface area contributed by atoms with Crippen LogP contribution < -0.4 is 21.9 Å². The number of carbonyl (C=O) groups excluding carboxylic acids is 1. The molecule has 118 valence electrons. The van der Waals surface area contributed by atoms with Crippen molar-refractivity contribution >= 4 is 29.9 Å². The van der Waals surface area contributed by atoms with Crippen molar-refractivity contribution in [2.75, 3.05) is 13.1 Å². The summed E-state index contributed by atoms with van der Waals surface area (Å²) in [5.41, 5.74) is 12.5. The van der Waals surface area contributed by atoms with E-state index in [2.05, 4.69) is 16.2 Å². The highest BCUT2D eigenvalue weighted by molar-refractivity contribution is 6.31. The molecule has 2 rings (SSSR count). The minimum atomic E-state index is -0.422. The molecule has 5 nitrogen and oxygen atoms in total. The first-order valence-corrected chi connectivity index (χ1v) is 7.06. The van der Waals surface area contributed by atoms with Crippen LogP contribution in [0.2, 0.25) is 5.02 Å². The highest BCUT2D eigenvalue weighted by Gasteiger charge is 2.35. The number of hydrogen-bond donors (Lipinski definition) is 4. The molecule has 0 aliphatic carbocycles. The lowest BCUT2D eigenvalue weighted by molar-refractivity contribution is -0.125. The van der Waals surface area contributed by atoms with E-state index in [4.69, 9.17) is 17.3 Å². The number of hydrogen-bond acceptors (Lipinski definition) is 4. The summed E-state index contributed by atoms with van der Waals surface area (Å²) in [5, 5.41) is 3.55. The van der Waals surface area contributed by atoms with Crippen molar-refractivity contribution in [3.8, 4) is 0 Å². The molecule has 1 aliphatic heterocycles. The molecular formula is C14H22Cl2N4O. The Hall–Kier alpha value is -0.850. The molecule has 2 unspecified atom stereocenters. The van der Waals surface area contributed by atoms with Crippen LogP contribution in [0, 0.1) is 5.92 Å². The fourth-order valence-electron chi connectivity index (χ4n) is 2.21.